The summed E-state index contributed by atoms with van der Waals surface area (Å²) in [4.78, 5) is 12.0. The van der Waals surface area contributed by atoms with Gasteiger partial charge in [-0.2, -0.15) is 11.8 Å². The van der Waals surface area contributed by atoms with Gasteiger partial charge in [-0.3, -0.25) is 4.79 Å². The largest absolute Gasteiger partial charge is 0.398 e. The molecule has 3 N–H and O–H groups in total. The van der Waals surface area contributed by atoms with Crippen molar-refractivity contribution in [3.8, 4) is 0 Å². The van der Waals surface area contributed by atoms with Crippen LogP contribution in [0.2, 0.25) is 0 Å². The highest BCUT2D eigenvalue weighted by Gasteiger charge is 2.09. The monoisotopic (exact) mass is 280 g/mol. The Morgan fingerprint density at radius 1 is 1.26 bits per heavy atom. The lowest BCUT2D eigenvalue weighted by Crippen LogP contribution is -2.25. The Balaban J connectivity index is 2.26. The molecule has 0 radical (unpaired) electrons. The van der Waals surface area contributed by atoms with E-state index in [1.807, 2.05) is 36.9 Å². The maximum atomic E-state index is 12.0. The summed E-state index contributed by atoms with van der Waals surface area (Å²) in [7, 11) is 0. The van der Waals surface area contributed by atoms with Gasteiger partial charge < -0.3 is 11.1 Å². The van der Waals surface area contributed by atoms with E-state index in [4.69, 9.17) is 5.73 Å². The van der Waals surface area contributed by atoms with Gasteiger partial charge in [0.2, 0.25) is 0 Å². The number of rotatable bonds is 8. The number of unbranched alkanes of at least 4 members (excludes halogenated alkanes) is 3. The van der Waals surface area contributed by atoms with E-state index < -0.39 is 0 Å². The van der Waals surface area contributed by atoms with E-state index >= 15 is 0 Å². The standard InChI is InChI=1S/C15H24N2OS/c1-12-13(8-7-9-14(12)16)15(18)17-10-5-3-4-6-11-19-2/h7-9H,3-6,10-11,16H2,1-2H3,(H,17,18). The fraction of sp³-hybridized carbons (Fsp3) is 0.533. The Bertz CT molecular complexity index is 407. The van der Waals surface area contributed by atoms with Crippen molar-refractivity contribution in [3.63, 3.8) is 0 Å². The van der Waals surface area contributed by atoms with Crippen molar-refractivity contribution in [2.75, 3.05) is 24.3 Å². The first-order valence-corrected chi connectivity index (χ1v) is 8.18. The highest BCUT2D eigenvalue weighted by molar-refractivity contribution is 7.98. The maximum absolute atomic E-state index is 12.0. The molecule has 1 aromatic rings. The van der Waals surface area contributed by atoms with Crippen molar-refractivity contribution >= 4 is 23.4 Å². The number of thioether (sulfide) groups is 1. The van der Waals surface area contributed by atoms with E-state index in [0.717, 1.165) is 18.5 Å². The van der Waals surface area contributed by atoms with Gasteiger partial charge in [0, 0.05) is 17.8 Å². The number of anilines is 1. The average molecular weight is 280 g/mol. The van der Waals surface area contributed by atoms with Crippen molar-refractivity contribution in [1.82, 2.24) is 5.32 Å². The van der Waals surface area contributed by atoms with E-state index in [1.54, 1.807) is 0 Å². The molecule has 0 fully saturated rings. The third-order valence-corrected chi connectivity index (χ3v) is 3.88. The molecule has 1 aromatic carbocycles. The van der Waals surface area contributed by atoms with Gasteiger partial charge in [0.05, 0.1) is 0 Å². The molecule has 0 aromatic heterocycles. The summed E-state index contributed by atoms with van der Waals surface area (Å²) < 4.78 is 0. The van der Waals surface area contributed by atoms with Crippen LogP contribution in [0.5, 0.6) is 0 Å². The number of nitrogens with two attached hydrogens (primary N) is 1. The molecule has 106 valence electrons. The van der Waals surface area contributed by atoms with Crippen molar-refractivity contribution in [3.05, 3.63) is 29.3 Å². The third kappa shape index (κ3) is 5.55. The van der Waals surface area contributed by atoms with Crippen LogP contribution in [0.3, 0.4) is 0 Å². The van der Waals surface area contributed by atoms with Crippen molar-refractivity contribution in [1.29, 1.82) is 0 Å². The van der Waals surface area contributed by atoms with Crippen LogP contribution in [0.25, 0.3) is 0 Å². The summed E-state index contributed by atoms with van der Waals surface area (Å²) in [5, 5.41) is 2.96. The minimum Gasteiger partial charge on any atom is -0.398 e. The average Bonchev–Trinajstić information content (AvgIpc) is 2.40. The minimum atomic E-state index is -0.0195. The van der Waals surface area contributed by atoms with Crippen LogP contribution in [0.1, 0.15) is 41.6 Å². The van der Waals surface area contributed by atoms with Crippen LogP contribution in [-0.4, -0.2) is 24.5 Å². The summed E-state index contributed by atoms with van der Waals surface area (Å²) in [6, 6.07) is 5.46. The molecule has 0 spiro atoms. The number of nitrogens with one attached hydrogen (secondary N) is 1. The molecular formula is C15H24N2OS. The maximum Gasteiger partial charge on any atom is 0.251 e. The number of amides is 1. The fourth-order valence-electron chi connectivity index (χ4n) is 1.92. The third-order valence-electron chi connectivity index (χ3n) is 3.18. The molecule has 19 heavy (non-hydrogen) atoms. The van der Waals surface area contributed by atoms with Gasteiger partial charge in [-0.1, -0.05) is 18.9 Å². The van der Waals surface area contributed by atoms with Crippen LogP contribution in [0, 0.1) is 6.92 Å². The summed E-state index contributed by atoms with van der Waals surface area (Å²) >= 11 is 1.89. The number of carbonyl (C=O) groups is 1. The van der Waals surface area contributed by atoms with E-state index in [-0.39, 0.29) is 5.91 Å². The lowest BCUT2D eigenvalue weighted by molar-refractivity contribution is 0.0952. The Morgan fingerprint density at radius 2 is 2.00 bits per heavy atom. The Kier molecular flexibility index (Phi) is 7.41. The van der Waals surface area contributed by atoms with Crippen LogP contribution in [-0.2, 0) is 0 Å². The molecular weight excluding hydrogens is 256 g/mol. The molecule has 0 bridgehead atoms. The minimum absolute atomic E-state index is 0.0195. The molecule has 0 saturated carbocycles. The quantitative estimate of drug-likeness (QED) is 0.568. The van der Waals surface area contributed by atoms with E-state index in [9.17, 15) is 4.79 Å². The van der Waals surface area contributed by atoms with Gasteiger partial charge in [-0.25, -0.2) is 0 Å². The highest BCUT2D eigenvalue weighted by atomic mass is 32.2. The van der Waals surface area contributed by atoms with E-state index in [2.05, 4.69) is 11.6 Å². The molecule has 0 unspecified atom stereocenters. The topological polar surface area (TPSA) is 55.1 Å². The molecule has 0 heterocycles. The van der Waals surface area contributed by atoms with Gasteiger partial charge in [0.15, 0.2) is 0 Å². The molecule has 3 nitrogen and oxygen atoms in total. The number of benzene rings is 1. The summed E-state index contributed by atoms with van der Waals surface area (Å²) in [5.41, 5.74) is 8.01. The normalized spacial score (nSPS) is 10.4. The van der Waals surface area contributed by atoms with Crippen LogP contribution in [0.15, 0.2) is 18.2 Å². The Hall–Kier alpha value is -1.16. The summed E-state index contributed by atoms with van der Waals surface area (Å²) in [6.45, 7) is 2.62. The zero-order valence-electron chi connectivity index (χ0n) is 11.9. The first kappa shape index (κ1) is 15.9. The van der Waals surface area contributed by atoms with Gasteiger partial charge in [-0.15, -0.1) is 0 Å². The lowest BCUT2D eigenvalue weighted by atomic mass is 10.1. The Morgan fingerprint density at radius 3 is 2.74 bits per heavy atom. The zero-order valence-corrected chi connectivity index (χ0v) is 12.7. The van der Waals surface area contributed by atoms with Gasteiger partial charge in [0.25, 0.3) is 5.91 Å². The number of hydrogen-bond acceptors (Lipinski definition) is 3. The Labute approximate surface area is 120 Å². The molecule has 0 aliphatic carbocycles. The number of hydrogen-bond donors (Lipinski definition) is 2. The van der Waals surface area contributed by atoms with Crippen molar-refractivity contribution in [2.24, 2.45) is 0 Å². The van der Waals surface area contributed by atoms with Gasteiger partial charge in [-0.05, 0) is 49.5 Å². The van der Waals surface area contributed by atoms with Crippen molar-refractivity contribution < 1.29 is 4.79 Å². The smallest absolute Gasteiger partial charge is 0.251 e. The second kappa shape index (κ2) is 8.86. The molecule has 0 saturated heterocycles. The molecule has 4 heteroatoms. The van der Waals surface area contributed by atoms with Gasteiger partial charge >= 0.3 is 0 Å². The first-order valence-electron chi connectivity index (χ1n) is 6.79. The molecule has 1 rings (SSSR count). The van der Waals surface area contributed by atoms with Crippen molar-refractivity contribution in [2.45, 2.75) is 32.6 Å². The zero-order chi connectivity index (χ0) is 14.1. The lowest BCUT2D eigenvalue weighted by Gasteiger charge is -2.09. The SMILES string of the molecule is CSCCCCCCNC(=O)c1cccc(N)c1C. The summed E-state index contributed by atoms with van der Waals surface area (Å²) in [5.74, 6) is 1.21. The predicted octanol–water partition coefficient (Wildman–Crippen LogP) is 3.23. The summed E-state index contributed by atoms with van der Waals surface area (Å²) in [6.07, 6.45) is 6.86. The van der Waals surface area contributed by atoms with Crippen LogP contribution in [0.4, 0.5) is 5.69 Å². The molecule has 0 aliphatic rings. The van der Waals surface area contributed by atoms with Crippen LogP contribution >= 0.6 is 11.8 Å². The molecule has 0 aliphatic heterocycles. The van der Waals surface area contributed by atoms with E-state index in [1.165, 1.54) is 25.0 Å². The number of nitrogen functional groups attached to an aromatic ring is 1. The van der Waals surface area contributed by atoms with E-state index in [0.29, 0.717) is 11.3 Å². The molecule has 0 atom stereocenters. The van der Waals surface area contributed by atoms with Gasteiger partial charge in [0.1, 0.15) is 0 Å². The molecule has 1 amide bonds. The first-order chi connectivity index (χ1) is 9.16. The predicted molar refractivity (Wildman–Crippen MR) is 84.8 cm³/mol. The highest BCUT2D eigenvalue weighted by Crippen LogP contribution is 2.15. The second-order valence-electron chi connectivity index (χ2n) is 4.68. The fourth-order valence-corrected chi connectivity index (χ4v) is 2.41. The van der Waals surface area contributed by atoms with Crippen LogP contribution < -0.4 is 11.1 Å². The second-order valence-corrected chi connectivity index (χ2v) is 5.67. The number of carbonyl (C=O) groups excluding carboxylic acids is 1.